The summed E-state index contributed by atoms with van der Waals surface area (Å²) in [7, 11) is 1.87. The second-order valence-electron chi connectivity index (χ2n) is 2.01. The second-order valence-corrected chi connectivity index (χ2v) is 2.01. The molecule has 0 aromatic rings. The van der Waals surface area contributed by atoms with Gasteiger partial charge in [0.2, 0.25) is 0 Å². The third kappa shape index (κ3) is 7.60. The molecule has 2 heteroatoms. The Hall–Kier alpha value is 1.60. The molecule has 0 bridgehead atoms. The van der Waals surface area contributed by atoms with Gasteiger partial charge in [0.1, 0.15) is 0 Å². The van der Waals surface area contributed by atoms with Crippen LogP contribution in [0.3, 0.4) is 0 Å². The summed E-state index contributed by atoms with van der Waals surface area (Å²) in [4.78, 5) is 0. The van der Waals surface area contributed by atoms with Gasteiger partial charge >= 0.3 is 51.4 Å². The molecule has 0 aliphatic carbocycles. The summed E-state index contributed by atoms with van der Waals surface area (Å²) < 4.78 is 0. The molecular formula is C6H14KN. The molecule has 44 valence electrons. The van der Waals surface area contributed by atoms with E-state index in [1.807, 2.05) is 7.05 Å². The standard InChI is InChI=1S/C6H14N.K/c1-4-6(2)5-7-3;/h6H,4-5H2,1-3H3;/q-1;+1. The number of hydrogen-bond acceptors (Lipinski definition) is 0. The van der Waals surface area contributed by atoms with E-state index in [2.05, 4.69) is 19.2 Å². The van der Waals surface area contributed by atoms with Gasteiger partial charge in [0, 0.05) is 0 Å². The van der Waals surface area contributed by atoms with Gasteiger partial charge in [-0.2, -0.15) is 7.05 Å². The van der Waals surface area contributed by atoms with E-state index >= 15 is 0 Å². The topological polar surface area (TPSA) is 14.1 Å². The van der Waals surface area contributed by atoms with Crippen LogP contribution in [-0.4, -0.2) is 13.6 Å². The quantitative estimate of drug-likeness (QED) is 0.447. The van der Waals surface area contributed by atoms with E-state index in [0.717, 1.165) is 12.5 Å². The minimum absolute atomic E-state index is 0. The molecular weight excluding hydrogens is 125 g/mol. The minimum Gasteiger partial charge on any atom is -0.665 e. The van der Waals surface area contributed by atoms with E-state index in [4.69, 9.17) is 0 Å². The third-order valence-corrected chi connectivity index (χ3v) is 1.19. The van der Waals surface area contributed by atoms with Gasteiger partial charge in [-0.05, 0) is 0 Å². The third-order valence-electron chi connectivity index (χ3n) is 1.19. The fourth-order valence-corrected chi connectivity index (χ4v) is 0.441. The normalized spacial score (nSPS) is 12.4. The Morgan fingerprint density at radius 2 is 2.00 bits per heavy atom. The average Bonchev–Trinajstić information content (AvgIpc) is 1.68. The van der Waals surface area contributed by atoms with Gasteiger partial charge in [-0.1, -0.05) is 26.2 Å². The molecule has 0 N–H and O–H groups in total. The molecule has 0 fully saturated rings. The monoisotopic (exact) mass is 139 g/mol. The van der Waals surface area contributed by atoms with Crippen LogP contribution in [0.15, 0.2) is 0 Å². The molecule has 0 aliphatic rings. The maximum Gasteiger partial charge on any atom is 1.00 e. The van der Waals surface area contributed by atoms with Crippen LogP contribution in [0.2, 0.25) is 0 Å². The summed E-state index contributed by atoms with van der Waals surface area (Å²) >= 11 is 0. The Bertz CT molecular complexity index is 39.5. The SMILES string of the molecule is CCC(C)C[N-]C.[K+]. The molecule has 0 saturated heterocycles. The number of rotatable bonds is 3. The van der Waals surface area contributed by atoms with E-state index < -0.39 is 0 Å². The van der Waals surface area contributed by atoms with Gasteiger partial charge in [-0.25, -0.2) is 0 Å². The zero-order valence-corrected chi connectivity index (χ0v) is 9.56. The Kier molecular flexibility index (Phi) is 13.2. The van der Waals surface area contributed by atoms with Crippen molar-refractivity contribution in [1.29, 1.82) is 0 Å². The van der Waals surface area contributed by atoms with Crippen LogP contribution in [0.1, 0.15) is 20.3 Å². The summed E-state index contributed by atoms with van der Waals surface area (Å²) in [5.74, 6) is 0.782. The van der Waals surface area contributed by atoms with Crippen molar-refractivity contribution in [2.45, 2.75) is 20.3 Å². The van der Waals surface area contributed by atoms with Gasteiger partial charge in [-0.3, -0.25) is 0 Å². The fourth-order valence-electron chi connectivity index (χ4n) is 0.441. The zero-order chi connectivity index (χ0) is 5.70. The number of hydrogen-bond donors (Lipinski definition) is 0. The van der Waals surface area contributed by atoms with Crippen LogP contribution in [0.5, 0.6) is 0 Å². The Morgan fingerprint density at radius 1 is 1.50 bits per heavy atom. The van der Waals surface area contributed by atoms with Crippen molar-refractivity contribution < 1.29 is 51.4 Å². The summed E-state index contributed by atoms with van der Waals surface area (Å²) in [5.41, 5.74) is 0. The summed E-state index contributed by atoms with van der Waals surface area (Å²) in [6.45, 7) is 5.43. The van der Waals surface area contributed by atoms with E-state index in [1.165, 1.54) is 6.42 Å². The largest absolute Gasteiger partial charge is 1.00 e. The van der Waals surface area contributed by atoms with Crippen molar-refractivity contribution in [3.8, 4) is 0 Å². The summed E-state index contributed by atoms with van der Waals surface area (Å²) in [6.07, 6.45) is 1.25. The van der Waals surface area contributed by atoms with Gasteiger partial charge in [0.25, 0.3) is 0 Å². The first kappa shape index (κ1) is 12.3. The maximum absolute atomic E-state index is 4.01. The van der Waals surface area contributed by atoms with Gasteiger partial charge in [0.15, 0.2) is 0 Å². The molecule has 0 aromatic heterocycles. The molecule has 0 aliphatic heterocycles. The van der Waals surface area contributed by atoms with Crippen molar-refractivity contribution in [2.75, 3.05) is 13.6 Å². The van der Waals surface area contributed by atoms with Crippen LogP contribution >= 0.6 is 0 Å². The second kappa shape index (κ2) is 8.60. The molecule has 0 saturated carbocycles. The van der Waals surface area contributed by atoms with Crippen molar-refractivity contribution in [2.24, 2.45) is 5.92 Å². The van der Waals surface area contributed by atoms with Crippen molar-refractivity contribution >= 4 is 0 Å². The zero-order valence-electron chi connectivity index (χ0n) is 6.44. The summed E-state index contributed by atoms with van der Waals surface area (Å²) in [5, 5.41) is 4.01. The maximum atomic E-state index is 4.01. The van der Waals surface area contributed by atoms with E-state index in [0.29, 0.717) is 0 Å². The predicted octanol–water partition coefficient (Wildman–Crippen LogP) is -0.960. The van der Waals surface area contributed by atoms with Crippen molar-refractivity contribution in [1.82, 2.24) is 0 Å². The van der Waals surface area contributed by atoms with Crippen molar-refractivity contribution in [3.05, 3.63) is 5.32 Å². The molecule has 0 heterocycles. The van der Waals surface area contributed by atoms with Gasteiger partial charge in [0.05, 0.1) is 0 Å². The molecule has 0 aromatic carbocycles. The molecule has 8 heavy (non-hydrogen) atoms. The van der Waals surface area contributed by atoms with E-state index in [1.54, 1.807) is 0 Å². The van der Waals surface area contributed by atoms with Gasteiger partial charge in [-0.15, -0.1) is 6.54 Å². The van der Waals surface area contributed by atoms with Crippen molar-refractivity contribution in [3.63, 3.8) is 0 Å². The fraction of sp³-hybridized carbons (Fsp3) is 1.00. The minimum atomic E-state index is 0. The van der Waals surface area contributed by atoms with Crippen LogP contribution < -0.4 is 51.4 Å². The van der Waals surface area contributed by atoms with Crippen LogP contribution in [-0.2, 0) is 0 Å². The van der Waals surface area contributed by atoms with Crippen LogP contribution in [0.4, 0.5) is 0 Å². The first-order chi connectivity index (χ1) is 3.31. The van der Waals surface area contributed by atoms with Crippen LogP contribution in [0, 0.1) is 5.92 Å². The summed E-state index contributed by atoms with van der Waals surface area (Å²) in [6, 6.07) is 0. The first-order valence-corrected chi connectivity index (χ1v) is 2.86. The van der Waals surface area contributed by atoms with Gasteiger partial charge < -0.3 is 5.32 Å². The first-order valence-electron chi connectivity index (χ1n) is 2.86. The Morgan fingerprint density at radius 3 is 2.12 bits per heavy atom. The van der Waals surface area contributed by atoms with E-state index in [-0.39, 0.29) is 51.4 Å². The molecule has 0 radical (unpaired) electrons. The average molecular weight is 139 g/mol. The smallest absolute Gasteiger partial charge is 0.665 e. The predicted molar refractivity (Wildman–Crippen MR) is 33.6 cm³/mol. The van der Waals surface area contributed by atoms with Crippen LogP contribution in [0.25, 0.3) is 5.32 Å². The molecule has 1 atom stereocenters. The molecule has 1 unspecified atom stereocenters. The Balaban J connectivity index is 0. The number of nitrogens with zero attached hydrogens (tertiary/aromatic N) is 1. The van der Waals surface area contributed by atoms with E-state index in [9.17, 15) is 0 Å². The molecule has 0 amide bonds. The Labute approximate surface area is 95.0 Å². The molecule has 1 nitrogen and oxygen atoms in total. The molecule has 0 spiro atoms. The molecule has 0 rings (SSSR count).